The van der Waals surface area contributed by atoms with Gasteiger partial charge >= 0.3 is 0 Å². The average molecular weight is 292 g/mol. The Bertz CT molecular complexity index is 447. The Morgan fingerprint density at radius 2 is 2.05 bits per heavy atom. The highest BCUT2D eigenvalue weighted by Crippen LogP contribution is 2.31. The van der Waals surface area contributed by atoms with Gasteiger partial charge in [0.1, 0.15) is 0 Å². The van der Waals surface area contributed by atoms with Crippen molar-refractivity contribution in [1.29, 1.82) is 0 Å². The van der Waals surface area contributed by atoms with Crippen molar-refractivity contribution in [3.05, 3.63) is 35.9 Å². The summed E-state index contributed by atoms with van der Waals surface area (Å²) in [7, 11) is 0. The molecular formula is C16H24N2OS. The van der Waals surface area contributed by atoms with Crippen LogP contribution >= 0.6 is 11.8 Å². The van der Waals surface area contributed by atoms with Crippen LogP contribution in [0.2, 0.25) is 0 Å². The van der Waals surface area contributed by atoms with Crippen LogP contribution in [0.1, 0.15) is 38.3 Å². The van der Waals surface area contributed by atoms with Crippen molar-refractivity contribution >= 4 is 17.7 Å². The molecule has 0 radical (unpaired) electrons. The highest BCUT2D eigenvalue weighted by molar-refractivity contribution is 8.00. The molecule has 2 rings (SSSR count). The fourth-order valence-corrected chi connectivity index (χ4v) is 3.50. The van der Waals surface area contributed by atoms with E-state index < -0.39 is 0 Å². The van der Waals surface area contributed by atoms with Crippen LogP contribution in [0.25, 0.3) is 0 Å². The van der Waals surface area contributed by atoms with Gasteiger partial charge in [0.2, 0.25) is 5.91 Å². The van der Waals surface area contributed by atoms with Gasteiger partial charge in [0.15, 0.2) is 0 Å². The highest BCUT2D eigenvalue weighted by Gasteiger charge is 2.26. The van der Waals surface area contributed by atoms with Crippen molar-refractivity contribution in [3.63, 3.8) is 0 Å². The maximum Gasteiger partial charge on any atom is 0.224 e. The number of benzene rings is 1. The Labute approximate surface area is 125 Å². The van der Waals surface area contributed by atoms with Crippen molar-refractivity contribution in [2.45, 2.75) is 37.5 Å². The maximum atomic E-state index is 12.4. The lowest BCUT2D eigenvalue weighted by molar-refractivity contribution is -0.131. The first kappa shape index (κ1) is 15.4. The van der Waals surface area contributed by atoms with Gasteiger partial charge in [0, 0.05) is 36.1 Å². The van der Waals surface area contributed by atoms with Crippen LogP contribution in [0, 0.1) is 0 Å². The van der Waals surface area contributed by atoms with Crippen LogP contribution in [-0.2, 0) is 4.79 Å². The lowest BCUT2D eigenvalue weighted by Gasteiger charge is -2.24. The van der Waals surface area contributed by atoms with E-state index in [1.807, 2.05) is 47.0 Å². The van der Waals surface area contributed by atoms with E-state index in [1.54, 1.807) is 0 Å². The van der Waals surface area contributed by atoms with Gasteiger partial charge in [-0.05, 0) is 12.0 Å². The molecule has 0 saturated carbocycles. The van der Waals surface area contributed by atoms with Gasteiger partial charge in [0.05, 0.1) is 0 Å². The number of rotatable bonds is 3. The first-order valence-electron chi connectivity index (χ1n) is 7.20. The maximum absolute atomic E-state index is 12.4. The van der Waals surface area contributed by atoms with E-state index in [2.05, 4.69) is 13.8 Å². The topological polar surface area (TPSA) is 46.3 Å². The zero-order valence-corrected chi connectivity index (χ0v) is 13.2. The van der Waals surface area contributed by atoms with E-state index in [1.165, 1.54) is 0 Å². The Hall–Kier alpha value is -1.00. The molecule has 1 fully saturated rings. The van der Waals surface area contributed by atoms with Crippen LogP contribution in [0.3, 0.4) is 0 Å². The van der Waals surface area contributed by atoms with Gasteiger partial charge in [-0.15, -0.1) is 0 Å². The van der Waals surface area contributed by atoms with Crippen LogP contribution in [-0.4, -0.2) is 34.4 Å². The molecule has 1 aromatic carbocycles. The zero-order chi connectivity index (χ0) is 14.6. The second-order valence-electron chi connectivity index (χ2n) is 5.96. The first-order chi connectivity index (χ1) is 9.48. The number of nitrogens with zero attached hydrogens (tertiary/aromatic N) is 1. The quantitative estimate of drug-likeness (QED) is 0.932. The van der Waals surface area contributed by atoms with Gasteiger partial charge in [-0.1, -0.05) is 44.2 Å². The molecule has 110 valence electrons. The second-order valence-corrected chi connectivity index (χ2v) is 7.76. The van der Waals surface area contributed by atoms with Crippen molar-refractivity contribution in [2.75, 3.05) is 18.8 Å². The predicted molar refractivity (Wildman–Crippen MR) is 85.7 cm³/mol. The number of nitrogens with two attached hydrogens (primary N) is 1. The molecule has 1 atom stereocenters. The molecule has 1 amide bonds. The lowest BCUT2D eigenvalue weighted by atomic mass is 10.0. The summed E-state index contributed by atoms with van der Waals surface area (Å²) in [5, 5.41) is 0. The molecule has 1 unspecified atom stereocenters. The summed E-state index contributed by atoms with van der Waals surface area (Å²) in [5.41, 5.74) is 7.17. The van der Waals surface area contributed by atoms with Crippen molar-refractivity contribution in [1.82, 2.24) is 4.90 Å². The lowest BCUT2D eigenvalue weighted by Crippen LogP contribution is -2.35. The molecule has 1 saturated heterocycles. The summed E-state index contributed by atoms with van der Waals surface area (Å²) in [5.74, 6) is 1.19. The van der Waals surface area contributed by atoms with E-state index >= 15 is 0 Å². The third-order valence-corrected chi connectivity index (χ3v) is 5.19. The molecule has 1 aromatic rings. The predicted octanol–water partition coefficient (Wildman–Crippen LogP) is 2.82. The van der Waals surface area contributed by atoms with Crippen molar-refractivity contribution < 1.29 is 4.79 Å². The third-order valence-electron chi connectivity index (χ3n) is 3.81. The van der Waals surface area contributed by atoms with Crippen LogP contribution in [0.15, 0.2) is 30.3 Å². The Morgan fingerprint density at radius 3 is 2.75 bits per heavy atom. The van der Waals surface area contributed by atoms with E-state index in [0.717, 1.165) is 30.8 Å². The molecule has 1 aliphatic heterocycles. The average Bonchev–Trinajstić information content (AvgIpc) is 2.60. The smallest absolute Gasteiger partial charge is 0.224 e. The van der Waals surface area contributed by atoms with Crippen LogP contribution in [0.4, 0.5) is 0 Å². The Balaban J connectivity index is 1.91. The third kappa shape index (κ3) is 4.25. The summed E-state index contributed by atoms with van der Waals surface area (Å²) in [4.78, 5) is 14.4. The van der Waals surface area contributed by atoms with Crippen LogP contribution in [0.5, 0.6) is 0 Å². The number of amides is 1. The minimum absolute atomic E-state index is 0.180. The zero-order valence-electron chi connectivity index (χ0n) is 12.3. The Morgan fingerprint density at radius 1 is 1.35 bits per heavy atom. The van der Waals surface area contributed by atoms with E-state index in [-0.39, 0.29) is 16.7 Å². The molecule has 0 aliphatic carbocycles. The minimum atomic E-state index is -0.201. The molecule has 1 heterocycles. The SMILES string of the molecule is CC1(C)CCN(C(=O)CC(N)c2ccccc2)CCS1. The summed E-state index contributed by atoms with van der Waals surface area (Å²) < 4.78 is 0.274. The van der Waals surface area contributed by atoms with Gasteiger partial charge in [-0.2, -0.15) is 11.8 Å². The second kappa shape index (κ2) is 6.64. The molecule has 2 N–H and O–H groups in total. The molecule has 20 heavy (non-hydrogen) atoms. The monoisotopic (exact) mass is 292 g/mol. The minimum Gasteiger partial charge on any atom is -0.342 e. The molecule has 1 aliphatic rings. The standard InChI is InChI=1S/C16H24N2OS/c1-16(2)8-9-18(10-11-20-16)15(19)12-14(17)13-6-4-3-5-7-13/h3-7,14H,8-12,17H2,1-2H3. The number of carbonyl (C=O) groups excluding carboxylic acids is 1. The highest BCUT2D eigenvalue weighted by atomic mass is 32.2. The van der Waals surface area contributed by atoms with Gasteiger partial charge in [-0.3, -0.25) is 4.79 Å². The number of hydrogen-bond acceptors (Lipinski definition) is 3. The summed E-state index contributed by atoms with van der Waals surface area (Å²) >= 11 is 1.95. The van der Waals surface area contributed by atoms with E-state index in [4.69, 9.17) is 5.73 Å². The molecule has 0 spiro atoms. The molecule has 4 heteroatoms. The molecular weight excluding hydrogens is 268 g/mol. The molecule has 0 bridgehead atoms. The molecule has 0 aromatic heterocycles. The molecule has 3 nitrogen and oxygen atoms in total. The number of hydrogen-bond donors (Lipinski definition) is 1. The summed E-state index contributed by atoms with van der Waals surface area (Å²) in [6, 6.07) is 9.66. The fraction of sp³-hybridized carbons (Fsp3) is 0.562. The summed E-state index contributed by atoms with van der Waals surface area (Å²) in [6.45, 7) is 6.19. The van der Waals surface area contributed by atoms with Gasteiger partial charge < -0.3 is 10.6 Å². The van der Waals surface area contributed by atoms with Crippen LogP contribution < -0.4 is 5.73 Å². The van der Waals surface area contributed by atoms with Crippen molar-refractivity contribution in [2.24, 2.45) is 5.73 Å². The van der Waals surface area contributed by atoms with Gasteiger partial charge in [0.25, 0.3) is 0 Å². The largest absolute Gasteiger partial charge is 0.342 e. The van der Waals surface area contributed by atoms with E-state index in [9.17, 15) is 4.79 Å². The van der Waals surface area contributed by atoms with Crippen molar-refractivity contribution in [3.8, 4) is 0 Å². The number of thioether (sulfide) groups is 1. The first-order valence-corrected chi connectivity index (χ1v) is 8.19. The Kier molecular flexibility index (Phi) is 5.11. The summed E-state index contributed by atoms with van der Waals surface area (Å²) in [6.07, 6.45) is 1.44. The normalized spacial score (nSPS) is 20.2. The van der Waals surface area contributed by atoms with Gasteiger partial charge in [-0.25, -0.2) is 0 Å². The van der Waals surface area contributed by atoms with E-state index in [0.29, 0.717) is 6.42 Å². The number of carbonyl (C=O) groups is 1. The fourth-order valence-electron chi connectivity index (χ4n) is 2.41.